The average molecular weight is 339 g/mol. The summed E-state index contributed by atoms with van der Waals surface area (Å²) in [5.74, 6) is -1.54. The van der Waals surface area contributed by atoms with Crippen LogP contribution in [0.4, 0.5) is 10.1 Å². The number of anilines is 1. The van der Waals surface area contributed by atoms with Crippen LogP contribution in [0.15, 0.2) is 54.6 Å². The zero-order valence-corrected chi connectivity index (χ0v) is 13.3. The molecule has 0 saturated carbocycles. The highest BCUT2D eigenvalue weighted by atomic mass is 19.1. The molecule has 1 aromatic heterocycles. The van der Waals surface area contributed by atoms with E-state index in [1.165, 1.54) is 39.9 Å². The van der Waals surface area contributed by atoms with Crippen LogP contribution in [-0.4, -0.2) is 34.3 Å². The summed E-state index contributed by atoms with van der Waals surface area (Å²) in [6, 6.07) is 14.1. The van der Waals surface area contributed by atoms with Gasteiger partial charge in [-0.3, -0.25) is 4.79 Å². The molecule has 2 aromatic carbocycles. The lowest BCUT2D eigenvalue weighted by Crippen LogP contribution is -2.13. The molecular weight excluding hydrogens is 325 g/mol. The third kappa shape index (κ3) is 3.25. The first-order valence-corrected chi connectivity index (χ1v) is 7.37. The van der Waals surface area contributed by atoms with Gasteiger partial charge in [0.25, 0.3) is 0 Å². The lowest BCUT2D eigenvalue weighted by molar-refractivity contribution is -0.107. The van der Waals surface area contributed by atoms with Crippen molar-refractivity contribution in [3.8, 4) is 16.9 Å². The largest absolute Gasteiger partial charge is 0.476 e. The monoisotopic (exact) mass is 339 g/mol. The van der Waals surface area contributed by atoms with Gasteiger partial charge in [-0.1, -0.05) is 12.1 Å². The van der Waals surface area contributed by atoms with Crippen LogP contribution in [0.2, 0.25) is 0 Å². The number of carbonyl (C=O) groups excluding carboxylic acids is 1. The van der Waals surface area contributed by atoms with Crippen LogP contribution in [0.5, 0.6) is 0 Å². The van der Waals surface area contributed by atoms with Crippen molar-refractivity contribution in [2.24, 2.45) is 0 Å². The maximum absolute atomic E-state index is 13.2. The Morgan fingerprint density at radius 1 is 1.16 bits per heavy atom. The highest BCUT2D eigenvalue weighted by molar-refractivity contribution is 5.87. The van der Waals surface area contributed by atoms with Gasteiger partial charge in [0.05, 0.1) is 11.4 Å². The summed E-state index contributed by atoms with van der Waals surface area (Å²) in [5.41, 5.74) is 2.38. The lowest BCUT2D eigenvalue weighted by Gasteiger charge is -2.12. The number of rotatable bonds is 5. The van der Waals surface area contributed by atoms with Crippen LogP contribution in [-0.2, 0) is 4.79 Å². The van der Waals surface area contributed by atoms with Gasteiger partial charge in [0.2, 0.25) is 6.41 Å². The number of carboxylic acids is 1. The van der Waals surface area contributed by atoms with Crippen molar-refractivity contribution < 1.29 is 19.1 Å². The number of carboxylic acid groups (broad SMARTS) is 1. The Morgan fingerprint density at radius 3 is 2.36 bits per heavy atom. The molecule has 1 heterocycles. The molecule has 1 amide bonds. The van der Waals surface area contributed by atoms with Crippen LogP contribution in [0, 0.1) is 5.82 Å². The fraction of sp³-hybridized carbons (Fsp3) is 0.0556. The van der Waals surface area contributed by atoms with E-state index in [0.717, 1.165) is 0 Å². The van der Waals surface area contributed by atoms with E-state index in [2.05, 4.69) is 5.10 Å². The molecular formula is C18H14FN3O3. The van der Waals surface area contributed by atoms with Crippen molar-refractivity contribution in [2.45, 2.75) is 0 Å². The minimum Gasteiger partial charge on any atom is -0.476 e. The summed E-state index contributed by atoms with van der Waals surface area (Å²) in [4.78, 5) is 23.5. The van der Waals surface area contributed by atoms with E-state index in [0.29, 0.717) is 29.0 Å². The average Bonchev–Trinajstić information content (AvgIpc) is 3.07. The molecule has 0 aliphatic heterocycles. The number of amides is 1. The van der Waals surface area contributed by atoms with Crippen molar-refractivity contribution in [1.29, 1.82) is 0 Å². The molecule has 6 nitrogen and oxygen atoms in total. The van der Waals surface area contributed by atoms with Gasteiger partial charge < -0.3 is 10.0 Å². The zero-order chi connectivity index (χ0) is 18.0. The fourth-order valence-electron chi connectivity index (χ4n) is 2.40. The molecule has 0 aliphatic carbocycles. The first-order chi connectivity index (χ1) is 12.0. The molecule has 0 radical (unpaired) electrons. The van der Waals surface area contributed by atoms with Gasteiger partial charge in [0.15, 0.2) is 5.69 Å². The zero-order valence-electron chi connectivity index (χ0n) is 13.3. The van der Waals surface area contributed by atoms with Crippen LogP contribution in [0.25, 0.3) is 16.9 Å². The predicted molar refractivity (Wildman–Crippen MR) is 90.4 cm³/mol. The second kappa shape index (κ2) is 6.56. The lowest BCUT2D eigenvalue weighted by atomic mass is 10.1. The molecule has 7 heteroatoms. The molecule has 0 aliphatic rings. The smallest absolute Gasteiger partial charge is 0.356 e. The van der Waals surface area contributed by atoms with Crippen molar-refractivity contribution in [3.05, 3.63) is 66.1 Å². The number of aromatic nitrogens is 2. The molecule has 0 fully saturated rings. The van der Waals surface area contributed by atoms with Gasteiger partial charge in [0.1, 0.15) is 5.82 Å². The summed E-state index contributed by atoms with van der Waals surface area (Å²) in [7, 11) is 1.63. The van der Waals surface area contributed by atoms with E-state index in [4.69, 9.17) is 0 Å². The van der Waals surface area contributed by atoms with Crippen LogP contribution in [0.3, 0.4) is 0 Å². The van der Waals surface area contributed by atoms with Crippen molar-refractivity contribution in [2.75, 3.05) is 11.9 Å². The fourth-order valence-corrected chi connectivity index (χ4v) is 2.40. The molecule has 0 unspecified atom stereocenters. The van der Waals surface area contributed by atoms with Crippen molar-refractivity contribution >= 4 is 18.1 Å². The summed E-state index contributed by atoms with van der Waals surface area (Å²) in [6.07, 6.45) is 0.695. The Kier molecular flexibility index (Phi) is 4.30. The Labute approximate surface area is 142 Å². The SMILES string of the molecule is CN(C=O)c1ccc(-c2cc(C(=O)O)nn2-c2ccc(F)cc2)cc1. The topological polar surface area (TPSA) is 75.4 Å². The van der Waals surface area contributed by atoms with Gasteiger partial charge in [-0.05, 0) is 42.5 Å². The van der Waals surface area contributed by atoms with Gasteiger partial charge >= 0.3 is 5.97 Å². The van der Waals surface area contributed by atoms with E-state index in [-0.39, 0.29) is 5.69 Å². The van der Waals surface area contributed by atoms with Crippen LogP contribution >= 0.6 is 0 Å². The predicted octanol–water partition coefficient (Wildman–Crippen LogP) is 2.97. The molecule has 3 rings (SSSR count). The molecule has 0 saturated heterocycles. The summed E-state index contributed by atoms with van der Waals surface area (Å²) < 4.78 is 14.6. The molecule has 3 aromatic rings. The summed E-state index contributed by atoms with van der Waals surface area (Å²) >= 11 is 0. The van der Waals surface area contributed by atoms with Crippen molar-refractivity contribution in [3.63, 3.8) is 0 Å². The number of hydrogen-bond acceptors (Lipinski definition) is 3. The second-order valence-electron chi connectivity index (χ2n) is 5.37. The standard InChI is InChI=1S/C18H14FN3O3/c1-21(11-23)14-6-2-12(3-7-14)17-10-16(18(24)25)20-22(17)15-8-4-13(19)5-9-15/h2-11H,1H3,(H,24,25). The van der Waals surface area contributed by atoms with E-state index in [1.807, 2.05) is 0 Å². The van der Waals surface area contributed by atoms with Gasteiger partial charge in [-0.2, -0.15) is 5.10 Å². The number of nitrogens with zero attached hydrogens (tertiary/aromatic N) is 3. The maximum atomic E-state index is 13.2. The van der Waals surface area contributed by atoms with Crippen LogP contribution < -0.4 is 4.90 Å². The summed E-state index contributed by atoms with van der Waals surface area (Å²) in [6.45, 7) is 0. The highest BCUT2D eigenvalue weighted by Crippen LogP contribution is 2.26. The summed E-state index contributed by atoms with van der Waals surface area (Å²) in [5, 5.41) is 13.3. The molecule has 126 valence electrons. The highest BCUT2D eigenvalue weighted by Gasteiger charge is 2.16. The normalized spacial score (nSPS) is 10.5. The number of hydrogen-bond donors (Lipinski definition) is 1. The number of halogens is 1. The van der Waals surface area contributed by atoms with Gasteiger partial charge in [-0.25, -0.2) is 13.9 Å². The Morgan fingerprint density at radius 2 is 1.80 bits per heavy atom. The maximum Gasteiger partial charge on any atom is 0.356 e. The molecule has 0 bridgehead atoms. The van der Waals surface area contributed by atoms with E-state index in [9.17, 15) is 19.1 Å². The number of benzene rings is 2. The van der Waals surface area contributed by atoms with E-state index < -0.39 is 11.8 Å². The van der Waals surface area contributed by atoms with E-state index >= 15 is 0 Å². The van der Waals surface area contributed by atoms with Gasteiger partial charge in [-0.15, -0.1) is 0 Å². The number of carbonyl (C=O) groups is 2. The molecule has 1 N–H and O–H groups in total. The number of aromatic carboxylic acids is 1. The first-order valence-electron chi connectivity index (χ1n) is 7.37. The first kappa shape index (κ1) is 16.4. The Bertz CT molecular complexity index is 918. The third-order valence-corrected chi connectivity index (χ3v) is 3.73. The minimum absolute atomic E-state index is 0.117. The third-order valence-electron chi connectivity index (χ3n) is 3.73. The van der Waals surface area contributed by atoms with Gasteiger partial charge in [0, 0.05) is 18.3 Å². The molecule has 25 heavy (non-hydrogen) atoms. The Balaban J connectivity index is 2.09. The quantitative estimate of drug-likeness (QED) is 0.725. The Hall–Kier alpha value is -3.48. The molecule has 0 spiro atoms. The minimum atomic E-state index is -1.15. The molecule has 0 atom stereocenters. The second-order valence-corrected chi connectivity index (χ2v) is 5.37. The van der Waals surface area contributed by atoms with Crippen molar-refractivity contribution in [1.82, 2.24) is 9.78 Å². The van der Waals surface area contributed by atoms with Crippen LogP contribution in [0.1, 0.15) is 10.5 Å². The van der Waals surface area contributed by atoms with E-state index in [1.54, 1.807) is 31.3 Å².